The van der Waals surface area contributed by atoms with Crippen molar-refractivity contribution in [3.8, 4) is 0 Å². The molecule has 1 aliphatic rings. The molecule has 5 heteroatoms. The first kappa shape index (κ1) is 14.0. The number of rotatable bonds is 4. The summed E-state index contributed by atoms with van der Waals surface area (Å²) in [6.07, 6.45) is 0.827. The van der Waals surface area contributed by atoms with E-state index in [1.807, 2.05) is 6.92 Å². The number of hydrogen-bond acceptors (Lipinski definition) is 3. The number of imide groups is 1. The quantitative estimate of drug-likeness (QED) is 0.861. The molecular formula is C14H16ClNO3. The summed E-state index contributed by atoms with van der Waals surface area (Å²) in [5.41, 5.74) is 0.498. The summed E-state index contributed by atoms with van der Waals surface area (Å²) < 4.78 is 0. The van der Waals surface area contributed by atoms with Gasteiger partial charge in [0.1, 0.15) is 0 Å². The summed E-state index contributed by atoms with van der Waals surface area (Å²) in [6, 6.07) is 6.68. The molecule has 1 aromatic carbocycles. The molecule has 1 N–H and O–H groups in total. The predicted molar refractivity (Wildman–Crippen MR) is 72.9 cm³/mol. The van der Waals surface area contributed by atoms with Crippen molar-refractivity contribution >= 4 is 29.1 Å². The van der Waals surface area contributed by atoms with Gasteiger partial charge in [-0.05, 0) is 24.1 Å². The minimum Gasteiger partial charge on any atom is -0.396 e. The highest BCUT2D eigenvalue weighted by atomic mass is 35.5. The molecule has 0 radical (unpaired) electrons. The number of aliphatic hydroxyl groups is 1. The standard InChI is InChI=1S/C14H16ClNO3/c1-2-9(8-17)12-7-13(18)16(14(12)19)11-5-3-4-10(15)6-11/h3-6,9,12,17H,2,7-8H2,1H3. The predicted octanol–water partition coefficient (Wildman–Crippen LogP) is 2.24. The Hall–Kier alpha value is -1.39. The number of carbonyl (C=O) groups is 2. The first-order chi connectivity index (χ1) is 9.08. The highest BCUT2D eigenvalue weighted by Crippen LogP contribution is 2.33. The van der Waals surface area contributed by atoms with Gasteiger partial charge in [0, 0.05) is 18.1 Å². The Kier molecular flexibility index (Phi) is 4.22. The van der Waals surface area contributed by atoms with Crippen LogP contribution < -0.4 is 4.90 Å². The number of halogens is 1. The maximum atomic E-state index is 12.3. The Morgan fingerprint density at radius 1 is 1.47 bits per heavy atom. The van der Waals surface area contributed by atoms with Crippen molar-refractivity contribution in [3.05, 3.63) is 29.3 Å². The van der Waals surface area contributed by atoms with E-state index in [-0.39, 0.29) is 30.8 Å². The van der Waals surface area contributed by atoms with Gasteiger partial charge in [-0.2, -0.15) is 0 Å². The molecule has 2 amide bonds. The molecule has 2 unspecified atom stereocenters. The number of benzene rings is 1. The Balaban J connectivity index is 2.28. The second kappa shape index (κ2) is 5.72. The molecule has 0 aliphatic carbocycles. The number of amides is 2. The van der Waals surface area contributed by atoms with Crippen LogP contribution in [-0.2, 0) is 9.59 Å². The van der Waals surface area contributed by atoms with Gasteiger partial charge in [0.15, 0.2) is 0 Å². The average molecular weight is 282 g/mol. The van der Waals surface area contributed by atoms with Gasteiger partial charge in [-0.3, -0.25) is 14.5 Å². The number of aliphatic hydroxyl groups excluding tert-OH is 1. The third kappa shape index (κ3) is 2.65. The SMILES string of the molecule is CCC(CO)C1CC(=O)N(c2cccc(Cl)c2)C1=O. The lowest BCUT2D eigenvalue weighted by molar-refractivity contribution is -0.123. The zero-order valence-electron chi connectivity index (χ0n) is 10.7. The van der Waals surface area contributed by atoms with Crippen LogP contribution in [0, 0.1) is 11.8 Å². The van der Waals surface area contributed by atoms with Crippen LogP contribution in [0.5, 0.6) is 0 Å². The fourth-order valence-corrected chi connectivity index (χ4v) is 2.64. The lowest BCUT2D eigenvalue weighted by Crippen LogP contribution is -2.32. The molecule has 0 spiro atoms. The summed E-state index contributed by atoms with van der Waals surface area (Å²) in [7, 11) is 0. The molecule has 1 heterocycles. The highest BCUT2D eigenvalue weighted by Gasteiger charge is 2.42. The molecule has 0 bridgehead atoms. The van der Waals surface area contributed by atoms with Crippen molar-refractivity contribution in [1.29, 1.82) is 0 Å². The largest absolute Gasteiger partial charge is 0.396 e. The van der Waals surface area contributed by atoms with Crippen molar-refractivity contribution in [3.63, 3.8) is 0 Å². The van der Waals surface area contributed by atoms with Gasteiger partial charge in [0.05, 0.1) is 11.6 Å². The third-order valence-corrected chi connectivity index (χ3v) is 3.81. The first-order valence-electron chi connectivity index (χ1n) is 6.31. The maximum absolute atomic E-state index is 12.3. The molecule has 102 valence electrons. The van der Waals surface area contributed by atoms with Gasteiger partial charge < -0.3 is 5.11 Å². The van der Waals surface area contributed by atoms with Crippen molar-refractivity contribution in [2.45, 2.75) is 19.8 Å². The van der Waals surface area contributed by atoms with Gasteiger partial charge in [0.25, 0.3) is 0 Å². The smallest absolute Gasteiger partial charge is 0.237 e. The molecule has 4 nitrogen and oxygen atoms in total. The van der Waals surface area contributed by atoms with Crippen LogP contribution in [0.1, 0.15) is 19.8 Å². The van der Waals surface area contributed by atoms with E-state index in [9.17, 15) is 14.7 Å². The van der Waals surface area contributed by atoms with Crippen LogP contribution in [0.3, 0.4) is 0 Å². The summed E-state index contributed by atoms with van der Waals surface area (Å²) in [4.78, 5) is 25.5. The van der Waals surface area contributed by atoms with E-state index in [4.69, 9.17) is 11.6 Å². The van der Waals surface area contributed by atoms with E-state index in [1.165, 1.54) is 4.90 Å². The Bertz CT molecular complexity index is 499. The van der Waals surface area contributed by atoms with Crippen LogP contribution in [0.2, 0.25) is 5.02 Å². The van der Waals surface area contributed by atoms with Crippen LogP contribution >= 0.6 is 11.6 Å². The fourth-order valence-electron chi connectivity index (χ4n) is 2.45. The topological polar surface area (TPSA) is 57.6 Å². The van der Waals surface area contributed by atoms with Gasteiger partial charge in [0.2, 0.25) is 11.8 Å². The van der Waals surface area contributed by atoms with Crippen molar-refractivity contribution in [1.82, 2.24) is 0 Å². The molecule has 2 rings (SSSR count). The third-order valence-electron chi connectivity index (χ3n) is 3.58. The average Bonchev–Trinajstić information content (AvgIpc) is 2.67. The molecular weight excluding hydrogens is 266 g/mol. The van der Waals surface area contributed by atoms with E-state index >= 15 is 0 Å². The zero-order valence-corrected chi connectivity index (χ0v) is 11.4. The summed E-state index contributed by atoms with van der Waals surface area (Å²) >= 11 is 5.88. The van der Waals surface area contributed by atoms with Crippen molar-refractivity contribution in [2.75, 3.05) is 11.5 Å². The normalized spacial score (nSPS) is 21.0. The lowest BCUT2D eigenvalue weighted by atomic mass is 9.89. The monoisotopic (exact) mass is 281 g/mol. The fraction of sp³-hybridized carbons (Fsp3) is 0.429. The molecule has 0 aromatic heterocycles. The first-order valence-corrected chi connectivity index (χ1v) is 6.69. The molecule has 19 heavy (non-hydrogen) atoms. The van der Waals surface area contributed by atoms with E-state index in [2.05, 4.69) is 0 Å². The van der Waals surface area contributed by atoms with Gasteiger partial charge in [-0.25, -0.2) is 0 Å². The Morgan fingerprint density at radius 2 is 2.21 bits per heavy atom. The van der Waals surface area contributed by atoms with Crippen molar-refractivity contribution < 1.29 is 14.7 Å². The second-order valence-corrected chi connectivity index (χ2v) is 5.15. The second-order valence-electron chi connectivity index (χ2n) is 4.71. The number of carbonyl (C=O) groups excluding carboxylic acids is 2. The highest BCUT2D eigenvalue weighted by molar-refractivity contribution is 6.31. The lowest BCUT2D eigenvalue weighted by Gasteiger charge is -2.19. The summed E-state index contributed by atoms with van der Waals surface area (Å²) in [6.45, 7) is 1.82. The van der Waals surface area contributed by atoms with Gasteiger partial charge in [-0.1, -0.05) is 31.0 Å². The summed E-state index contributed by atoms with van der Waals surface area (Å²) in [5, 5.41) is 9.77. The van der Waals surface area contributed by atoms with E-state index in [0.717, 1.165) is 0 Å². The summed E-state index contributed by atoms with van der Waals surface area (Å²) in [5.74, 6) is -1.07. The van der Waals surface area contributed by atoms with Crippen LogP contribution in [-0.4, -0.2) is 23.5 Å². The van der Waals surface area contributed by atoms with Gasteiger partial charge in [-0.15, -0.1) is 0 Å². The molecule has 1 aliphatic heterocycles. The number of anilines is 1. The van der Waals surface area contributed by atoms with Crippen LogP contribution in [0.25, 0.3) is 0 Å². The number of nitrogens with zero attached hydrogens (tertiary/aromatic N) is 1. The molecule has 0 saturated carbocycles. The minimum absolute atomic E-state index is 0.0798. The van der Waals surface area contributed by atoms with E-state index in [0.29, 0.717) is 17.1 Å². The Morgan fingerprint density at radius 3 is 2.79 bits per heavy atom. The van der Waals surface area contributed by atoms with E-state index < -0.39 is 5.92 Å². The van der Waals surface area contributed by atoms with Crippen molar-refractivity contribution in [2.24, 2.45) is 11.8 Å². The minimum atomic E-state index is -0.429. The zero-order chi connectivity index (χ0) is 14.0. The molecule has 1 fully saturated rings. The molecule has 1 saturated heterocycles. The maximum Gasteiger partial charge on any atom is 0.237 e. The van der Waals surface area contributed by atoms with E-state index in [1.54, 1.807) is 24.3 Å². The molecule has 2 atom stereocenters. The number of hydrogen-bond donors (Lipinski definition) is 1. The molecule has 1 aromatic rings. The van der Waals surface area contributed by atoms with Gasteiger partial charge >= 0.3 is 0 Å². The Labute approximate surface area is 117 Å². The van der Waals surface area contributed by atoms with Crippen LogP contribution in [0.4, 0.5) is 5.69 Å². The van der Waals surface area contributed by atoms with Crippen LogP contribution in [0.15, 0.2) is 24.3 Å².